The van der Waals surface area contributed by atoms with Crippen LogP contribution in [0.5, 0.6) is 0 Å². The average molecular weight is 238 g/mol. The molecule has 4 aliphatic carbocycles. The summed E-state index contributed by atoms with van der Waals surface area (Å²) in [6.45, 7) is 8.83. The van der Waals surface area contributed by atoms with E-state index in [0.29, 0.717) is 11.8 Å². The molecule has 0 aromatic rings. The predicted molar refractivity (Wildman–Crippen MR) is 67.5 cm³/mol. The van der Waals surface area contributed by atoms with Gasteiger partial charge in [-0.05, 0) is 48.9 Å². The molecule has 4 rings (SSSR count). The summed E-state index contributed by atoms with van der Waals surface area (Å²) in [5.41, 5.74) is -0.794. The first-order valence-electron chi connectivity index (χ1n) is 7.16. The third kappa shape index (κ3) is 1.06. The highest BCUT2D eigenvalue weighted by molar-refractivity contribution is 5.22. The van der Waals surface area contributed by atoms with Gasteiger partial charge in [-0.15, -0.1) is 0 Å². The Morgan fingerprint density at radius 2 is 1.71 bits per heavy atom. The summed E-state index contributed by atoms with van der Waals surface area (Å²) in [7, 11) is 0. The molecule has 4 aliphatic rings. The van der Waals surface area contributed by atoms with Crippen molar-refractivity contribution in [2.45, 2.75) is 65.1 Å². The molecular weight excluding hydrogens is 212 g/mol. The Kier molecular flexibility index (Phi) is 2.17. The van der Waals surface area contributed by atoms with Crippen LogP contribution in [0, 0.1) is 28.6 Å². The van der Waals surface area contributed by atoms with Crippen molar-refractivity contribution < 1.29 is 10.2 Å². The standard InChI is InChI=1S/C15H26O2/c1-9-5-8-15(17)13(2,3)10-6-7-14(15,4)11(9)12(10)16/h9-12,16-17H,5-8H2,1-4H3. The van der Waals surface area contributed by atoms with Gasteiger partial charge in [0.2, 0.25) is 0 Å². The predicted octanol–water partition coefficient (Wildman–Crippen LogP) is 2.58. The minimum atomic E-state index is -0.570. The topological polar surface area (TPSA) is 40.5 Å². The van der Waals surface area contributed by atoms with Crippen molar-refractivity contribution in [3.8, 4) is 0 Å². The maximum absolute atomic E-state index is 11.3. The number of rotatable bonds is 0. The second-order valence-electron chi connectivity index (χ2n) is 7.68. The quantitative estimate of drug-likeness (QED) is 0.681. The molecule has 6 atom stereocenters. The lowest BCUT2D eigenvalue weighted by Crippen LogP contribution is -2.75. The van der Waals surface area contributed by atoms with Crippen molar-refractivity contribution in [1.29, 1.82) is 0 Å². The minimum Gasteiger partial charge on any atom is -0.392 e. The first kappa shape index (κ1) is 12.0. The SMILES string of the molecule is CC1CCC2(O)C(C)(C)C3CCC2(C)C1C3O. The van der Waals surface area contributed by atoms with E-state index in [4.69, 9.17) is 0 Å². The van der Waals surface area contributed by atoms with E-state index in [2.05, 4.69) is 27.7 Å². The van der Waals surface area contributed by atoms with Gasteiger partial charge >= 0.3 is 0 Å². The van der Waals surface area contributed by atoms with Crippen LogP contribution in [0.25, 0.3) is 0 Å². The van der Waals surface area contributed by atoms with Crippen molar-refractivity contribution in [3.05, 3.63) is 0 Å². The van der Waals surface area contributed by atoms with Crippen LogP contribution in [0.15, 0.2) is 0 Å². The highest BCUT2D eigenvalue weighted by atomic mass is 16.3. The normalized spacial score (nSPS) is 60.4. The lowest BCUT2D eigenvalue weighted by atomic mass is 9.34. The average Bonchev–Trinajstić information content (AvgIpc) is 2.22. The van der Waals surface area contributed by atoms with Gasteiger partial charge in [-0.3, -0.25) is 0 Å². The monoisotopic (exact) mass is 238 g/mol. The number of aliphatic hydroxyl groups excluding tert-OH is 1. The number of hydrogen-bond donors (Lipinski definition) is 2. The highest BCUT2D eigenvalue weighted by Crippen LogP contribution is 2.71. The number of aliphatic hydroxyl groups is 2. The van der Waals surface area contributed by atoms with Crippen molar-refractivity contribution in [3.63, 3.8) is 0 Å². The zero-order valence-corrected chi connectivity index (χ0v) is 11.5. The van der Waals surface area contributed by atoms with Gasteiger partial charge in [-0.2, -0.15) is 0 Å². The van der Waals surface area contributed by atoms with E-state index in [1.807, 2.05) is 0 Å². The van der Waals surface area contributed by atoms with Gasteiger partial charge in [0.1, 0.15) is 0 Å². The van der Waals surface area contributed by atoms with Gasteiger partial charge in [-0.25, -0.2) is 0 Å². The van der Waals surface area contributed by atoms with Crippen molar-refractivity contribution in [2.24, 2.45) is 28.6 Å². The van der Waals surface area contributed by atoms with Crippen LogP contribution >= 0.6 is 0 Å². The molecule has 4 bridgehead atoms. The summed E-state index contributed by atoms with van der Waals surface area (Å²) >= 11 is 0. The summed E-state index contributed by atoms with van der Waals surface area (Å²) in [6.07, 6.45) is 3.93. The van der Waals surface area contributed by atoms with E-state index in [1.165, 1.54) is 0 Å². The fourth-order valence-electron chi connectivity index (χ4n) is 5.92. The Balaban J connectivity index is 2.17. The summed E-state index contributed by atoms with van der Waals surface area (Å²) in [6, 6.07) is 0. The summed E-state index contributed by atoms with van der Waals surface area (Å²) < 4.78 is 0. The number of hydrogen-bond acceptors (Lipinski definition) is 2. The first-order valence-corrected chi connectivity index (χ1v) is 7.16. The Hall–Kier alpha value is -0.0800. The van der Waals surface area contributed by atoms with Crippen LogP contribution in [0.4, 0.5) is 0 Å². The van der Waals surface area contributed by atoms with E-state index < -0.39 is 5.60 Å². The largest absolute Gasteiger partial charge is 0.392 e. The molecule has 0 aromatic carbocycles. The van der Waals surface area contributed by atoms with Crippen LogP contribution in [-0.2, 0) is 0 Å². The molecule has 4 fully saturated rings. The molecular formula is C15H26O2. The molecule has 0 spiro atoms. The molecule has 2 N–H and O–H groups in total. The maximum atomic E-state index is 11.3. The smallest absolute Gasteiger partial charge is 0.0759 e. The van der Waals surface area contributed by atoms with Crippen molar-refractivity contribution in [2.75, 3.05) is 0 Å². The maximum Gasteiger partial charge on any atom is 0.0759 e. The fourth-order valence-corrected chi connectivity index (χ4v) is 5.92. The Bertz CT molecular complexity index is 351. The lowest BCUT2D eigenvalue weighted by molar-refractivity contribution is -0.323. The molecule has 0 aliphatic heterocycles. The van der Waals surface area contributed by atoms with E-state index in [1.54, 1.807) is 0 Å². The van der Waals surface area contributed by atoms with Crippen molar-refractivity contribution >= 4 is 0 Å². The van der Waals surface area contributed by atoms with Crippen LogP contribution < -0.4 is 0 Å². The van der Waals surface area contributed by atoms with Crippen LogP contribution in [0.3, 0.4) is 0 Å². The Morgan fingerprint density at radius 1 is 1.06 bits per heavy atom. The molecule has 0 saturated heterocycles. The van der Waals surface area contributed by atoms with E-state index >= 15 is 0 Å². The Labute approximate surface area is 104 Å². The van der Waals surface area contributed by atoms with E-state index in [9.17, 15) is 10.2 Å². The minimum absolute atomic E-state index is 0.0810. The van der Waals surface area contributed by atoms with Crippen molar-refractivity contribution in [1.82, 2.24) is 0 Å². The Morgan fingerprint density at radius 3 is 2.35 bits per heavy atom. The second kappa shape index (κ2) is 3.08. The van der Waals surface area contributed by atoms with Crippen LogP contribution in [0.1, 0.15) is 53.4 Å². The second-order valence-corrected chi connectivity index (χ2v) is 7.68. The summed E-state index contributed by atoms with van der Waals surface area (Å²) in [5.74, 6) is 1.13. The van der Waals surface area contributed by atoms with Crippen LogP contribution in [0.2, 0.25) is 0 Å². The summed E-state index contributed by atoms with van der Waals surface area (Å²) in [4.78, 5) is 0. The molecule has 0 aromatic heterocycles. The van der Waals surface area contributed by atoms with Gasteiger partial charge in [0.15, 0.2) is 0 Å². The zero-order chi connectivity index (χ0) is 12.6. The molecule has 0 radical (unpaired) electrons. The molecule has 4 saturated carbocycles. The summed E-state index contributed by atoms with van der Waals surface area (Å²) in [5, 5.41) is 22.0. The van der Waals surface area contributed by atoms with Crippen LogP contribution in [-0.4, -0.2) is 21.9 Å². The third-order valence-electron chi connectivity index (χ3n) is 7.00. The molecule has 17 heavy (non-hydrogen) atoms. The molecule has 98 valence electrons. The number of fused-ring (bicyclic) bond motifs is 1. The van der Waals surface area contributed by atoms with Gasteiger partial charge in [0, 0.05) is 5.41 Å². The molecule has 2 heteroatoms. The first-order chi connectivity index (χ1) is 7.76. The lowest BCUT2D eigenvalue weighted by Gasteiger charge is -2.73. The van der Waals surface area contributed by atoms with E-state index in [0.717, 1.165) is 25.7 Å². The molecule has 0 amide bonds. The van der Waals surface area contributed by atoms with E-state index in [-0.39, 0.29) is 22.9 Å². The molecule has 6 unspecified atom stereocenters. The van der Waals surface area contributed by atoms with Gasteiger partial charge in [-0.1, -0.05) is 27.7 Å². The highest BCUT2D eigenvalue weighted by Gasteiger charge is 2.72. The van der Waals surface area contributed by atoms with Gasteiger partial charge in [0.05, 0.1) is 11.7 Å². The zero-order valence-electron chi connectivity index (χ0n) is 11.5. The fraction of sp³-hybridized carbons (Fsp3) is 1.00. The van der Waals surface area contributed by atoms with Gasteiger partial charge in [0.25, 0.3) is 0 Å². The third-order valence-corrected chi connectivity index (χ3v) is 7.00. The molecule has 2 nitrogen and oxygen atoms in total. The molecule has 0 heterocycles. The van der Waals surface area contributed by atoms with Gasteiger partial charge < -0.3 is 10.2 Å².